The Morgan fingerprint density at radius 3 is 2.95 bits per heavy atom. The Balaban J connectivity index is 1.53. The molecule has 3 rings (SSSR count). The van der Waals surface area contributed by atoms with Gasteiger partial charge in [0.25, 0.3) is 0 Å². The van der Waals surface area contributed by atoms with Crippen molar-refractivity contribution in [1.82, 2.24) is 4.98 Å². The zero-order chi connectivity index (χ0) is 14.5. The van der Waals surface area contributed by atoms with E-state index in [-0.39, 0.29) is 0 Å². The Kier molecular flexibility index (Phi) is 5.17. The summed E-state index contributed by atoms with van der Waals surface area (Å²) >= 11 is 1.64. The van der Waals surface area contributed by atoms with Gasteiger partial charge in [0.1, 0.15) is 5.01 Å². The molecule has 1 aliphatic rings. The summed E-state index contributed by atoms with van der Waals surface area (Å²) in [7, 11) is -0.842. The van der Waals surface area contributed by atoms with E-state index in [0.29, 0.717) is 17.6 Å². The number of hydrogen-bond donors (Lipinski definition) is 0. The first-order valence-corrected chi connectivity index (χ1v) is 9.58. The van der Waals surface area contributed by atoms with Crippen LogP contribution in [-0.4, -0.2) is 27.7 Å². The summed E-state index contributed by atoms with van der Waals surface area (Å²) in [5.41, 5.74) is 1.17. The maximum absolute atomic E-state index is 12.1. The van der Waals surface area contributed by atoms with Crippen LogP contribution in [0.5, 0.6) is 0 Å². The first kappa shape index (κ1) is 14.9. The van der Waals surface area contributed by atoms with Crippen LogP contribution in [0.3, 0.4) is 0 Å². The quantitative estimate of drug-likeness (QED) is 0.815. The third kappa shape index (κ3) is 4.22. The molecule has 5 heteroatoms. The lowest BCUT2D eigenvalue weighted by Gasteiger charge is -2.07. The standard InChI is InChI=1S/C16H19NO2S2/c18-21(10-8-14-7-4-9-19-14)12-16-17-11-15(20-16)13-5-2-1-3-6-13/h1-3,5-6,11,14H,4,7-10,12H2/t14-,21-/m1/s1. The van der Waals surface area contributed by atoms with Crippen molar-refractivity contribution in [2.24, 2.45) is 0 Å². The molecule has 21 heavy (non-hydrogen) atoms. The van der Waals surface area contributed by atoms with E-state index in [2.05, 4.69) is 17.1 Å². The van der Waals surface area contributed by atoms with Crippen LogP contribution in [0.25, 0.3) is 10.4 Å². The van der Waals surface area contributed by atoms with Gasteiger partial charge in [-0.05, 0) is 24.8 Å². The topological polar surface area (TPSA) is 39.2 Å². The van der Waals surface area contributed by atoms with Gasteiger partial charge in [-0.3, -0.25) is 4.21 Å². The van der Waals surface area contributed by atoms with Crippen molar-refractivity contribution >= 4 is 22.1 Å². The van der Waals surface area contributed by atoms with Crippen molar-refractivity contribution in [2.75, 3.05) is 12.4 Å². The van der Waals surface area contributed by atoms with E-state index in [4.69, 9.17) is 4.74 Å². The number of aromatic nitrogens is 1. The van der Waals surface area contributed by atoms with E-state index in [1.807, 2.05) is 24.4 Å². The largest absolute Gasteiger partial charge is 0.378 e. The lowest BCUT2D eigenvalue weighted by atomic mass is 10.2. The highest BCUT2D eigenvalue weighted by molar-refractivity contribution is 7.84. The van der Waals surface area contributed by atoms with E-state index >= 15 is 0 Å². The second kappa shape index (κ2) is 7.29. The van der Waals surface area contributed by atoms with Gasteiger partial charge in [-0.2, -0.15) is 0 Å². The van der Waals surface area contributed by atoms with Crippen molar-refractivity contribution < 1.29 is 8.95 Å². The molecule has 1 aromatic carbocycles. The van der Waals surface area contributed by atoms with Gasteiger partial charge in [0, 0.05) is 29.4 Å². The molecule has 0 aliphatic carbocycles. The van der Waals surface area contributed by atoms with Gasteiger partial charge in [-0.1, -0.05) is 30.3 Å². The molecule has 2 aromatic rings. The van der Waals surface area contributed by atoms with Crippen LogP contribution in [0.1, 0.15) is 24.3 Å². The summed E-state index contributed by atoms with van der Waals surface area (Å²) in [6.45, 7) is 0.865. The van der Waals surface area contributed by atoms with Gasteiger partial charge in [-0.15, -0.1) is 11.3 Å². The summed E-state index contributed by atoms with van der Waals surface area (Å²) in [5, 5.41) is 0.958. The third-order valence-electron chi connectivity index (χ3n) is 3.59. The molecule has 1 saturated heterocycles. The molecule has 112 valence electrons. The summed E-state index contributed by atoms with van der Waals surface area (Å²) in [4.78, 5) is 5.55. The molecule has 1 fully saturated rings. The molecule has 3 nitrogen and oxygen atoms in total. The molecule has 0 amide bonds. The normalized spacial score (nSPS) is 19.7. The summed E-state index contributed by atoms with van der Waals surface area (Å²) in [6, 6.07) is 10.2. The molecular formula is C16H19NO2S2. The maximum atomic E-state index is 12.1. The van der Waals surface area contributed by atoms with E-state index in [0.717, 1.165) is 35.8 Å². The molecule has 2 atom stereocenters. The second-order valence-electron chi connectivity index (χ2n) is 5.20. The number of nitrogens with zero attached hydrogens (tertiary/aromatic N) is 1. The smallest absolute Gasteiger partial charge is 0.106 e. The minimum atomic E-state index is -0.842. The average Bonchev–Trinajstić information content (AvgIpc) is 3.17. The van der Waals surface area contributed by atoms with E-state index < -0.39 is 10.8 Å². The molecular weight excluding hydrogens is 302 g/mol. The Hall–Kier alpha value is -1.04. The molecule has 0 unspecified atom stereocenters. The summed E-state index contributed by atoms with van der Waals surface area (Å²) in [6.07, 6.45) is 5.37. The molecule has 0 bridgehead atoms. The highest BCUT2D eigenvalue weighted by Gasteiger charge is 2.17. The minimum Gasteiger partial charge on any atom is -0.378 e. The van der Waals surface area contributed by atoms with Crippen LogP contribution in [0, 0.1) is 0 Å². The molecule has 2 heterocycles. The zero-order valence-electron chi connectivity index (χ0n) is 11.9. The van der Waals surface area contributed by atoms with Gasteiger partial charge in [-0.25, -0.2) is 4.98 Å². The fraction of sp³-hybridized carbons (Fsp3) is 0.438. The Bertz CT molecular complexity index is 591. The van der Waals surface area contributed by atoms with Gasteiger partial charge in [0.15, 0.2) is 0 Å². The summed E-state index contributed by atoms with van der Waals surface area (Å²) in [5.74, 6) is 1.27. The van der Waals surface area contributed by atoms with E-state index in [9.17, 15) is 4.21 Å². The van der Waals surface area contributed by atoms with Gasteiger partial charge < -0.3 is 4.74 Å². The number of benzene rings is 1. The van der Waals surface area contributed by atoms with Crippen LogP contribution in [0.4, 0.5) is 0 Å². The Morgan fingerprint density at radius 1 is 1.33 bits per heavy atom. The summed E-state index contributed by atoms with van der Waals surface area (Å²) < 4.78 is 17.7. The number of rotatable bonds is 6. The van der Waals surface area contributed by atoms with Crippen LogP contribution in [-0.2, 0) is 21.3 Å². The van der Waals surface area contributed by atoms with Crippen LogP contribution in [0.2, 0.25) is 0 Å². The Morgan fingerprint density at radius 2 is 2.19 bits per heavy atom. The zero-order valence-corrected chi connectivity index (χ0v) is 13.5. The van der Waals surface area contributed by atoms with Crippen molar-refractivity contribution in [2.45, 2.75) is 31.1 Å². The number of ether oxygens (including phenoxy) is 1. The third-order valence-corrected chi connectivity index (χ3v) is 6.10. The number of hydrogen-bond acceptors (Lipinski definition) is 4. The monoisotopic (exact) mass is 321 g/mol. The van der Waals surface area contributed by atoms with Crippen molar-refractivity contribution in [1.29, 1.82) is 0 Å². The highest BCUT2D eigenvalue weighted by Crippen LogP contribution is 2.26. The molecule has 0 radical (unpaired) electrons. The average molecular weight is 321 g/mol. The van der Waals surface area contributed by atoms with Crippen LogP contribution < -0.4 is 0 Å². The predicted octanol–water partition coefficient (Wildman–Crippen LogP) is 3.63. The van der Waals surface area contributed by atoms with Crippen LogP contribution in [0.15, 0.2) is 36.5 Å². The van der Waals surface area contributed by atoms with Gasteiger partial charge in [0.05, 0.1) is 16.7 Å². The number of thiazole rings is 1. The fourth-order valence-corrected chi connectivity index (χ4v) is 4.83. The van der Waals surface area contributed by atoms with Crippen molar-refractivity contribution in [3.8, 4) is 10.4 Å². The lowest BCUT2D eigenvalue weighted by Crippen LogP contribution is -2.11. The Labute approximate surface area is 131 Å². The molecule has 1 aliphatic heterocycles. The fourth-order valence-electron chi connectivity index (χ4n) is 2.46. The van der Waals surface area contributed by atoms with E-state index in [1.165, 1.54) is 5.56 Å². The molecule has 0 spiro atoms. The first-order valence-electron chi connectivity index (χ1n) is 7.28. The van der Waals surface area contributed by atoms with Crippen molar-refractivity contribution in [3.05, 3.63) is 41.5 Å². The predicted molar refractivity (Wildman–Crippen MR) is 87.9 cm³/mol. The molecule has 0 N–H and O–H groups in total. The SMILES string of the molecule is O=[S@](CC[C@H]1CCCO1)Cc1ncc(-c2ccccc2)s1. The van der Waals surface area contributed by atoms with E-state index in [1.54, 1.807) is 11.3 Å². The van der Waals surface area contributed by atoms with Gasteiger partial charge >= 0.3 is 0 Å². The first-order chi connectivity index (χ1) is 10.3. The molecule has 0 saturated carbocycles. The second-order valence-corrected chi connectivity index (χ2v) is 7.89. The van der Waals surface area contributed by atoms with Crippen molar-refractivity contribution in [3.63, 3.8) is 0 Å². The van der Waals surface area contributed by atoms with Crippen LogP contribution >= 0.6 is 11.3 Å². The lowest BCUT2D eigenvalue weighted by molar-refractivity contribution is 0.109. The van der Waals surface area contributed by atoms with Gasteiger partial charge in [0.2, 0.25) is 0 Å². The highest BCUT2D eigenvalue weighted by atomic mass is 32.2. The maximum Gasteiger partial charge on any atom is 0.106 e. The molecule has 1 aromatic heterocycles. The minimum absolute atomic E-state index is 0.324.